The summed E-state index contributed by atoms with van der Waals surface area (Å²) in [4.78, 5) is 33.3. The molecule has 3 fully saturated rings. The highest BCUT2D eigenvalue weighted by molar-refractivity contribution is 5.81. The fourth-order valence-electron chi connectivity index (χ4n) is 6.57. The van der Waals surface area contributed by atoms with Gasteiger partial charge in [0.1, 0.15) is 18.0 Å². The molecule has 6 rings (SSSR count). The van der Waals surface area contributed by atoms with Crippen molar-refractivity contribution in [3.8, 4) is 11.4 Å². The van der Waals surface area contributed by atoms with E-state index in [-0.39, 0.29) is 29.6 Å². The van der Waals surface area contributed by atoms with E-state index in [1.54, 1.807) is 6.20 Å². The number of nitrogens with one attached hydrogen (secondary N) is 2. The fraction of sp³-hybridized carbons (Fsp3) is 0.594. The molecule has 1 aromatic carbocycles. The predicted octanol–water partition coefficient (Wildman–Crippen LogP) is 4.50. The van der Waals surface area contributed by atoms with Crippen molar-refractivity contribution in [2.24, 2.45) is 11.8 Å². The summed E-state index contributed by atoms with van der Waals surface area (Å²) >= 11 is 0. The molecule has 0 bridgehead atoms. The highest BCUT2D eigenvalue weighted by Crippen LogP contribution is 2.29. The van der Waals surface area contributed by atoms with Crippen molar-refractivity contribution in [2.75, 3.05) is 26.4 Å². The van der Waals surface area contributed by atoms with Gasteiger partial charge in [-0.1, -0.05) is 6.07 Å². The molecule has 2 N–H and O–H groups in total. The Morgan fingerprint density at radius 1 is 1.07 bits per heavy atom. The maximum Gasteiger partial charge on any atom is 0.323 e. The van der Waals surface area contributed by atoms with Crippen molar-refractivity contribution in [1.82, 2.24) is 19.9 Å². The highest BCUT2D eigenvalue weighted by atomic mass is 16.5. The minimum atomic E-state index is -0.346. The number of H-pyrrole nitrogens is 1. The standard InChI is InChI=1S/C32H42N4O5/c1-21-16-25(19-34-31(21)37)30-35-27-17-23(6-7-28(27)36(30)20-22-8-12-39-13-9-22)18-33-29(24-10-14-40-15-11-24)32(38)41-26-4-2-3-5-26/h6-7,16-17,19,22,24,26,29,33H,2-5,8-15,18,20H2,1H3,(H,34,37)/t29-/m0/s1. The molecule has 220 valence electrons. The van der Waals surface area contributed by atoms with Crippen molar-refractivity contribution in [3.05, 3.63) is 51.9 Å². The van der Waals surface area contributed by atoms with Gasteiger partial charge in [0.05, 0.1) is 11.0 Å². The Kier molecular flexibility index (Phi) is 8.84. The number of aromatic amines is 1. The van der Waals surface area contributed by atoms with E-state index in [9.17, 15) is 9.59 Å². The summed E-state index contributed by atoms with van der Waals surface area (Å²) in [5.41, 5.74) is 4.54. The van der Waals surface area contributed by atoms with Crippen LogP contribution in [0.2, 0.25) is 0 Å². The molecule has 0 unspecified atom stereocenters. The molecule has 9 nitrogen and oxygen atoms in total. The summed E-state index contributed by atoms with van der Waals surface area (Å²) in [6.45, 7) is 6.17. The number of carbonyl (C=O) groups is 1. The highest BCUT2D eigenvalue weighted by Gasteiger charge is 2.33. The minimum absolute atomic E-state index is 0.0534. The van der Waals surface area contributed by atoms with Crippen molar-refractivity contribution in [1.29, 1.82) is 0 Å². The second kappa shape index (κ2) is 12.9. The molecule has 3 aromatic rings. The maximum absolute atomic E-state index is 13.3. The van der Waals surface area contributed by atoms with Crippen LogP contribution in [0.25, 0.3) is 22.4 Å². The van der Waals surface area contributed by atoms with Gasteiger partial charge in [-0.15, -0.1) is 0 Å². The van der Waals surface area contributed by atoms with Crippen molar-refractivity contribution in [3.63, 3.8) is 0 Å². The van der Waals surface area contributed by atoms with Crippen LogP contribution in [0.4, 0.5) is 0 Å². The third kappa shape index (κ3) is 6.58. The number of rotatable bonds is 9. The van der Waals surface area contributed by atoms with Gasteiger partial charge in [0.25, 0.3) is 5.56 Å². The summed E-state index contributed by atoms with van der Waals surface area (Å²) in [5, 5.41) is 3.56. The molecular weight excluding hydrogens is 520 g/mol. The second-order valence-corrected chi connectivity index (χ2v) is 12.0. The molecule has 0 radical (unpaired) electrons. The number of pyridine rings is 1. The van der Waals surface area contributed by atoms with E-state index in [0.29, 0.717) is 31.2 Å². The van der Waals surface area contributed by atoms with Gasteiger partial charge in [0, 0.05) is 56.8 Å². The Balaban J connectivity index is 1.25. The number of carbonyl (C=O) groups excluding carboxylic acids is 1. The molecule has 3 aliphatic rings. The van der Waals surface area contributed by atoms with Crippen LogP contribution < -0.4 is 10.9 Å². The van der Waals surface area contributed by atoms with Gasteiger partial charge in [-0.25, -0.2) is 4.98 Å². The molecule has 4 heterocycles. The lowest BCUT2D eigenvalue weighted by Crippen LogP contribution is -2.46. The zero-order valence-corrected chi connectivity index (χ0v) is 24.0. The van der Waals surface area contributed by atoms with Gasteiger partial charge in [0.15, 0.2) is 0 Å². The molecule has 2 aromatic heterocycles. The summed E-state index contributed by atoms with van der Waals surface area (Å²) in [6, 6.07) is 7.95. The lowest BCUT2D eigenvalue weighted by Gasteiger charge is -2.30. The molecule has 2 saturated heterocycles. The number of imidazole rings is 1. The van der Waals surface area contributed by atoms with Crippen molar-refractivity contribution >= 4 is 17.0 Å². The first-order valence-corrected chi connectivity index (χ1v) is 15.3. The normalized spacial score (nSPS) is 20.0. The second-order valence-electron chi connectivity index (χ2n) is 12.0. The molecule has 1 aliphatic carbocycles. The molecule has 0 spiro atoms. The first-order valence-electron chi connectivity index (χ1n) is 15.3. The van der Waals surface area contributed by atoms with Crippen molar-refractivity contribution < 1.29 is 19.0 Å². The number of benzene rings is 1. The number of esters is 1. The number of hydrogen-bond acceptors (Lipinski definition) is 7. The van der Waals surface area contributed by atoms with Crippen LogP contribution in [-0.2, 0) is 32.1 Å². The fourth-order valence-corrected chi connectivity index (χ4v) is 6.57. The van der Waals surface area contributed by atoms with E-state index < -0.39 is 0 Å². The Hall–Kier alpha value is -3.01. The Morgan fingerprint density at radius 2 is 1.80 bits per heavy atom. The molecule has 1 saturated carbocycles. The average molecular weight is 563 g/mol. The third-order valence-electron chi connectivity index (χ3n) is 9.04. The van der Waals surface area contributed by atoms with Crippen LogP contribution in [0.1, 0.15) is 62.5 Å². The maximum atomic E-state index is 13.3. The molecular formula is C32H42N4O5. The number of ether oxygens (including phenoxy) is 3. The van der Waals surface area contributed by atoms with Crippen LogP contribution in [0, 0.1) is 18.8 Å². The summed E-state index contributed by atoms with van der Waals surface area (Å²) in [6.07, 6.45) is 9.78. The van der Waals surface area contributed by atoms with Gasteiger partial charge in [-0.05, 0) is 93.9 Å². The van der Waals surface area contributed by atoms with E-state index >= 15 is 0 Å². The van der Waals surface area contributed by atoms with E-state index in [0.717, 1.165) is 99.1 Å². The smallest absolute Gasteiger partial charge is 0.323 e. The summed E-state index contributed by atoms with van der Waals surface area (Å²) in [7, 11) is 0. The SMILES string of the molecule is Cc1cc(-c2nc3cc(CN[C@H](C(=O)OC4CCCC4)C4CCOCC4)ccc3n2CC2CCOCC2)c[nH]c1=O. The van der Waals surface area contributed by atoms with E-state index in [4.69, 9.17) is 19.2 Å². The first-order chi connectivity index (χ1) is 20.0. The van der Waals surface area contributed by atoms with Crippen LogP contribution in [0.5, 0.6) is 0 Å². The molecule has 0 amide bonds. The quantitative estimate of drug-likeness (QED) is 0.370. The van der Waals surface area contributed by atoms with Gasteiger partial charge >= 0.3 is 5.97 Å². The molecule has 1 atom stereocenters. The number of fused-ring (bicyclic) bond motifs is 1. The van der Waals surface area contributed by atoms with Gasteiger partial charge in [-0.3, -0.25) is 9.59 Å². The van der Waals surface area contributed by atoms with Crippen molar-refractivity contribution in [2.45, 2.75) is 83.5 Å². The lowest BCUT2D eigenvalue weighted by atomic mass is 9.91. The van der Waals surface area contributed by atoms with Crippen LogP contribution in [-0.4, -0.2) is 59.1 Å². The molecule has 2 aliphatic heterocycles. The van der Waals surface area contributed by atoms with Gasteiger partial charge < -0.3 is 29.1 Å². The predicted molar refractivity (Wildman–Crippen MR) is 157 cm³/mol. The van der Waals surface area contributed by atoms with E-state index in [1.165, 1.54) is 0 Å². The van der Waals surface area contributed by atoms with Crippen LogP contribution in [0.3, 0.4) is 0 Å². The van der Waals surface area contributed by atoms with Crippen LogP contribution >= 0.6 is 0 Å². The minimum Gasteiger partial charge on any atom is -0.461 e. The zero-order chi connectivity index (χ0) is 28.2. The zero-order valence-electron chi connectivity index (χ0n) is 24.0. The van der Waals surface area contributed by atoms with E-state index in [1.807, 2.05) is 13.0 Å². The molecule has 41 heavy (non-hydrogen) atoms. The lowest BCUT2D eigenvalue weighted by molar-refractivity contribution is -0.154. The Bertz CT molecular complexity index is 1400. The largest absolute Gasteiger partial charge is 0.461 e. The monoisotopic (exact) mass is 562 g/mol. The van der Waals surface area contributed by atoms with Crippen LogP contribution in [0.15, 0.2) is 35.3 Å². The van der Waals surface area contributed by atoms with Gasteiger partial charge in [-0.2, -0.15) is 0 Å². The number of hydrogen-bond donors (Lipinski definition) is 2. The van der Waals surface area contributed by atoms with Gasteiger partial charge in [0.2, 0.25) is 0 Å². The summed E-state index contributed by atoms with van der Waals surface area (Å²) < 4.78 is 19.4. The topological polar surface area (TPSA) is 107 Å². The first kappa shape index (κ1) is 28.1. The Labute approximate surface area is 241 Å². The number of nitrogens with zero attached hydrogens (tertiary/aromatic N) is 2. The Morgan fingerprint density at radius 3 is 2.54 bits per heavy atom. The molecule has 9 heteroatoms. The number of aryl methyl sites for hydroxylation is 1. The third-order valence-corrected chi connectivity index (χ3v) is 9.04. The number of aromatic nitrogens is 3. The average Bonchev–Trinajstić information content (AvgIpc) is 3.63. The summed E-state index contributed by atoms with van der Waals surface area (Å²) in [5.74, 6) is 1.45. The van der Waals surface area contributed by atoms with E-state index in [2.05, 4.69) is 33.1 Å².